The zero-order valence-corrected chi connectivity index (χ0v) is 48.8. The Labute approximate surface area is 455 Å². The van der Waals surface area contributed by atoms with E-state index in [1.807, 2.05) is 45.9 Å². The summed E-state index contributed by atoms with van der Waals surface area (Å²) in [4.78, 5) is 6.96. The number of aromatic nitrogens is 1. The van der Waals surface area contributed by atoms with E-state index in [-0.39, 0.29) is 7.43 Å². The number of H-pyrrole nitrogens is 1. The summed E-state index contributed by atoms with van der Waals surface area (Å²) in [6.07, 6.45) is 34.2. The topological polar surface area (TPSA) is 68.8 Å². The summed E-state index contributed by atoms with van der Waals surface area (Å²) in [5.74, 6) is 0.773. The fourth-order valence-electron chi connectivity index (χ4n) is 8.63. The van der Waals surface area contributed by atoms with E-state index < -0.39 is 0 Å². The standard InChI is InChI=1S/C21H23N.C20H33NS.C12H17N.C7H11N.C4H8.C3H8.CH4/c1-6-9-20-18(8-3)19-13-12-17(14-21(19)22-20)16(7-2)11-10-15(4)5;1-5-7-8-9-10-18-13-19(12-11-17(18)6-2)20(22)16(4)15(3)14-21;1-9(2)13-8-11-6-4-5-7-12(11)10(13)3;8-6-7-4-2-1-3-5-7;1-4(2)3;1-3-2;/h6-14,22H,3-4H2,1-2,5H3;11-13,15,22H,5-10,14,21H2,1-4H3;4,6,9H,3,5,7-8H2,1-2H3;7H,1-5H2;1H2,2-3H3;3H2,1-2H3;1H4/b9-6-,11-10-,16-7+;20-16-;;;;;. The van der Waals surface area contributed by atoms with Gasteiger partial charge in [-0.25, -0.2) is 0 Å². The van der Waals surface area contributed by atoms with Crippen molar-refractivity contribution in [2.24, 2.45) is 17.6 Å². The van der Waals surface area contributed by atoms with Crippen molar-refractivity contribution in [2.75, 3.05) is 13.1 Å². The Bertz CT molecular complexity index is 2370. The summed E-state index contributed by atoms with van der Waals surface area (Å²) in [7, 11) is 0. The minimum absolute atomic E-state index is 0. The zero-order valence-electron chi connectivity index (χ0n) is 47.9. The second kappa shape index (κ2) is 38.5. The number of nitriles is 1. The number of nitrogens with zero attached hydrogens (tertiary/aromatic N) is 2. The van der Waals surface area contributed by atoms with Gasteiger partial charge < -0.3 is 15.6 Å². The summed E-state index contributed by atoms with van der Waals surface area (Å²) < 4.78 is 0. The van der Waals surface area contributed by atoms with E-state index in [1.165, 1.54) is 132 Å². The number of aryl methyl sites for hydroxylation is 2. The van der Waals surface area contributed by atoms with E-state index >= 15 is 0 Å². The van der Waals surface area contributed by atoms with Gasteiger partial charge in [0.15, 0.2) is 0 Å². The van der Waals surface area contributed by atoms with E-state index in [0.29, 0.717) is 24.4 Å². The molecule has 402 valence electrons. The smallest absolute Gasteiger partial charge is 0.0655 e. The van der Waals surface area contributed by atoms with Gasteiger partial charge in [-0.2, -0.15) is 5.26 Å². The molecule has 2 aliphatic carbocycles. The summed E-state index contributed by atoms with van der Waals surface area (Å²) in [6.45, 7) is 44.9. The van der Waals surface area contributed by atoms with Gasteiger partial charge in [0.05, 0.1) is 6.07 Å². The fourth-order valence-corrected chi connectivity index (χ4v) is 8.99. The van der Waals surface area contributed by atoms with Gasteiger partial charge >= 0.3 is 0 Å². The van der Waals surface area contributed by atoms with Gasteiger partial charge in [0.2, 0.25) is 0 Å². The molecular formula is C68H104N4S. The molecule has 2 heterocycles. The van der Waals surface area contributed by atoms with E-state index in [1.54, 1.807) is 0 Å². The molecule has 0 amide bonds. The lowest BCUT2D eigenvalue weighted by Crippen LogP contribution is -2.27. The highest BCUT2D eigenvalue weighted by Crippen LogP contribution is 2.35. The summed E-state index contributed by atoms with van der Waals surface area (Å²) in [6, 6.07) is 16.2. The van der Waals surface area contributed by atoms with Crippen molar-refractivity contribution < 1.29 is 0 Å². The van der Waals surface area contributed by atoms with Crippen molar-refractivity contribution in [3.63, 3.8) is 0 Å². The van der Waals surface area contributed by atoms with Crippen molar-refractivity contribution in [1.82, 2.24) is 9.88 Å². The maximum atomic E-state index is 8.44. The van der Waals surface area contributed by atoms with Crippen LogP contribution in [0.5, 0.6) is 0 Å². The molecule has 1 unspecified atom stereocenters. The number of rotatable bonds is 15. The average Bonchev–Trinajstić information content (AvgIpc) is 3.91. The number of nitrogens with one attached hydrogen (secondary N) is 1. The van der Waals surface area contributed by atoms with Crippen LogP contribution in [0, 0.1) is 23.2 Å². The summed E-state index contributed by atoms with van der Waals surface area (Å²) >= 11 is 4.77. The van der Waals surface area contributed by atoms with Crippen LogP contribution in [-0.2, 0) is 12.8 Å². The van der Waals surface area contributed by atoms with Crippen LogP contribution in [0.4, 0.5) is 0 Å². The zero-order chi connectivity index (χ0) is 54.2. The van der Waals surface area contributed by atoms with Gasteiger partial charge in [0, 0.05) is 51.3 Å². The molecule has 73 heavy (non-hydrogen) atoms. The molecule has 0 radical (unpaired) electrons. The highest BCUT2D eigenvalue weighted by molar-refractivity contribution is 7.90. The van der Waals surface area contributed by atoms with E-state index in [2.05, 4.69) is 171 Å². The Morgan fingerprint density at radius 3 is 2.07 bits per heavy atom. The van der Waals surface area contributed by atoms with Crippen molar-refractivity contribution in [3.05, 3.63) is 166 Å². The Kier molecular flexibility index (Phi) is 35.9. The molecule has 0 bridgehead atoms. The number of thiol groups is 1. The average molecular weight is 1010 g/mol. The number of unbranched alkanes of at least 4 members (excludes halogenated alkanes) is 3. The van der Waals surface area contributed by atoms with Crippen LogP contribution in [0.15, 0.2) is 133 Å². The van der Waals surface area contributed by atoms with E-state index in [0.717, 1.165) is 53.1 Å². The minimum atomic E-state index is 0. The summed E-state index contributed by atoms with van der Waals surface area (Å²) in [5.41, 5.74) is 23.5. The van der Waals surface area contributed by atoms with Gasteiger partial charge in [-0.05, 0) is 164 Å². The number of fused-ring (bicyclic) bond motifs is 1. The van der Waals surface area contributed by atoms with Crippen LogP contribution >= 0.6 is 12.6 Å². The number of benzene rings is 2. The number of hydrogen-bond acceptors (Lipinski definition) is 4. The van der Waals surface area contributed by atoms with Crippen LogP contribution in [0.25, 0.3) is 33.5 Å². The van der Waals surface area contributed by atoms with Crippen molar-refractivity contribution >= 4 is 46.2 Å². The molecule has 1 saturated carbocycles. The van der Waals surface area contributed by atoms with Crippen molar-refractivity contribution in [3.8, 4) is 6.07 Å². The number of hydrogen-bond donors (Lipinski definition) is 3. The first-order valence-electron chi connectivity index (χ1n) is 27.4. The molecule has 6 rings (SSSR count). The molecule has 3 N–H and O–H groups in total. The van der Waals surface area contributed by atoms with Gasteiger partial charge in [-0.15, -0.1) is 19.2 Å². The molecule has 0 spiro atoms. The molecule has 1 atom stereocenters. The molecule has 1 fully saturated rings. The molecule has 1 aromatic heterocycles. The molecule has 5 heteroatoms. The Balaban J connectivity index is 0.000000944. The molecule has 3 aliphatic rings. The van der Waals surface area contributed by atoms with Gasteiger partial charge in [0.1, 0.15) is 0 Å². The lowest BCUT2D eigenvalue weighted by Gasteiger charge is -2.25. The van der Waals surface area contributed by atoms with Crippen LogP contribution in [0.3, 0.4) is 0 Å². The Morgan fingerprint density at radius 2 is 1.56 bits per heavy atom. The highest BCUT2D eigenvalue weighted by atomic mass is 32.1. The van der Waals surface area contributed by atoms with Gasteiger partial charge in [-0.3, -0.25) is 0 Å². The second-order valence-corrected chi connectivity index (χ2v) is 20.6. The van der Waals surface area contributed by atoms with Crippen molar-refractivity contribution in [2.45, 2.75) is 193 Å². The molecule has 2 aromatic carbocycles. The first-order chi connectivity index (χ1) is 34.4. The van der Waals surface area contributed by atoms with Crippen LogP contribution in [-0.4, -0.2) is 29.0 Å². The lowest BCUT2D eigenvalue weighted by atomic mass is 9.91. The van der Waals surface area contributed by atoms with Gasteiger partial charge in [-0.1, -0.05) is 196 Å². The molecular weight excluding hydrogens is 905 g/mol. The first kappa shape index (κ1) is 68.0. The molecule has 1 aliphatic heterocycles. The lowest BCUT2D eigenvalue weighted by molar-refractivity contribution is 0.331. The van der Waals surface area contributed by atoms with E-state index in [4.69, 9.17) is 23.6 Å². The summed E-state index contributed by atoms with van der Waals surface area (Å²) in [5, 5.41) is 9.64. The Hall–Kier alpha value is -5.02. The maximum Gasteiger partial charge on any atom is 0.0655 e. The molecule has 0 saturated heterocycles. The van der Waals surface area contributed by atoms with Crippen LogP contribution in [0.2, 0.25) is 0 Å². The third-order valence-electron chi connectivity index (χ3n) is 12.9. The van der Waals surface area contributed by atoms with E-state index in [9.17, 15) is 0 Å². The van der Waals surface area contributed by atoms with Gasteiger partial charge in [0.25, 0.3) is 0 Å². The van der Waals surface area contributed by atoms with Crippen molar-refractivity contribution in [1.29, 1.82) is 5.26 Å². The Morgan fingerprint density at radius 1 is 0.918 bits per heavy atom. The fraction of sp³-hybridized carbons (Fsp3) is 0.485. The molecule has 4 nitrogen and oxygen atoms in total. The quantitative estimate of drug-likeness (QED) is 0.0615. The largest absolute Gasteiger partial charge is 0.365 e. The second-order valence-electron chi connectivity index (χ2n) is 20.1. The number of nitrogens with two attached hydrogens (primary N) is 1. The normalized spacial score (nSPS) is 14.9. The first-order valence-corrected chi connectivity index (χ1v) is 27.9. The monoisotopic (exact) mass is 1010 g/mol. The predicted octanol–water partition coefficient (Wildman–Crippen LogP) is 20.6. The third kappa shape index (κ3) is 24.3. The molecule has 3 aromatic rings. The van der Waals surface area contributed by atoms with Crippen LogP contribution < -0.4 is 5.73 Å². The minimum Gasteiger partial charge on any atom is -0.365 e. The highest BCUT2D eigenvalue weighted by Gasteiger charge is 2.26. The SMILES string of the molecule is C.C=C(C)C.C=C1C2=C(C=CCC2)CN1C(C)C.C=Cc1c(/C=C\C)[nH]c2cc(C(/C=C\C(=C)C)=C/C)ccc12.CCC.CCCCCCc1cc(/C(S)=C(\C)C(C)CN)ccc1CC.N#CC1CCCCC1. The third-order valence-corrected chi connectivity index (χ3v) is 13.6. The number of allylic oxidation sites excluding steroid dienone is 9. The predicted molar refractivity (Wildman–Crippen MR) is 336 cm³/mol. The van der Waals surface area contributed by atoms with Crippen LogP contribution in [0.1, 0.15) is 208 Å². The maximum absolute atomic E-state index is 8.44. The number of aromatic amines is 1.